The van der Waals surface area contributed by atoms with Crippen molar-refractivity contribution in [2.75, 3.05) is 18.5 Å². The van der Waals surface area contributed by atoms with Crippen LogP contribution in [0.5, 0.6) is 0 Å². The quantitative estimate of drug-likeness (QED) is 0.830. The maximum absolute atomic E-state index is 12.5. The van der Waals surface area contributed by atoms with E-state index in [-0.39, 0.29) is 17.1 Å². The highest BCUT2D eigenvalue weighted by Crippen LogP contribution is 2.34. The number of hydrogen-bond acceptors (Lipinski definition) is 2. The van der Waals surface area contributed by atoms with Crippen molar-refractivity contribution in [3.05, 3.63) is 28.8 Å². The largest absolute Gasteiger partial charge is 0.416 e. The Hall–Kier alpha value is -1.41. The number of benzene rings is 1. The van der Waals surface area contributed by atoms with E-state index in [1.165, 1.54) is 11.0 Å². The predicted octanol–water partition coefficient (Wildman–Crippen LogP) is 3.71. The Labute approximate surface area is 102 Å². The van der Waals surface area contributed by atoms with E-state index in [1.54, 1.807) is 7.05 Å². The van der Waals surface area contributed by atoms with Crippen LogP contribution in [0.15, 0.2) is 18.2 Å². The molecule has 0 heterocycles. The minimum absolute atomic E-state index is 0.225. The Morgan fingerprint density at radius 3 is 2.59 bits per heavy atom. The molecule has 92 valence electrons. The Kier molecular flexibility index (Phi) is 4.24. The summed E-state index contributed by atoms with van der Waals surface area (Å²) in [5.41, 5.74) is -0.475. The number of halogens is 4. The molecule has 0 aliphatic heterocycles. The van der Waals surface area contributed by atoms with Gasteiger partial charge in [0.05, 0.1) is 28.8 Å². The van der Waals surface area contributed by atoms with Gasteiger partial charge in [0.2, 0.25) is 0 Å². The van der Waals surface area contributed by atoms with Crippen molar-refractivity contribution in [3.8, 4) is 6.07 Å². The number of nitriles is 1. The van der Waals surface area contributed by atoms with Gasteiger partial charge in [0.25, 0.3) is 0 Å². The fourth-order valence-electron chi connectivity index (χ4n) is 1.32. The number of alkyl halides is 3. The fraction of sp³-hybridized carbons (Fsp3) is 0.364. The smallest absolute Gasteiger partial charge is 0.372 e. The van der Waals surface area contributed by atoms with Gasteiger partial charge in [-0.05, 0) is 18.2 Å². The molecule has 0 aromatic heterocycles. The van der Waals surface area contributed by atoms with Gasteiger partial charge in [0.15, 0.2) is 0 Å². The van der Waals surface area contributed by atoms with E-state index < -0.39 is 11.7 Å². The van der Waals surface area contributed by atoms with Crippen LogP contribution in [0.25, 0.3) is 0 Å². The third-order valence-corrected chi connectivity index (χ3v) is 2.56. The van der Waals surface area contributed by atoms with Crippen LogP contribution in [0.3, 0.4) is 0 Å². The number of rotatable bonds is 3. The molecule has 2 nitrogen and oxygen atoms in total. The van der Waals surface area contributed by atoms with Gasteiger partial charge in [-0.3, -0.25) is 0 Å². The summed E-state index contributed by atoms with van der Waals surface area (Å²) < 4.78 is 37.5. The summed E-state index contributed by atoms with van der Waals surface area (Å²) in [5, 5.41) is 8.66. The minimum Gasteiger partial charge on any atom is -0.372 e. The summed E-state index contributed by atoms with van der Waals surface area (Å²) in [6.07, 6.45) is -4.17. The predicted molar refractivity (Wildman–Crippen MR) is 60.0 cm³/mol. The second-order valence-electron chi connectivity index (χ2n) is 3.49. The highest BCUT2D eigenvalue weighted by molar-refractivity contribution is 6.33. The van der Waals surface area contributed by atoms with Gasteiger partial charge < -0.3 is 4.90 Å². The standard InChI is InChI=1S/C11H10ClF3N2/c1-17(6-2-5-16)10-7-8(11(13,14)15)3-4-9(10)12/h3-4,7H,2,6H2,1H3. The van der Waals surface area contributed by atoms with Crippen molar-refractivity contribution in [2.45, 2.75) is 12.6 Å². The molecule has 0 unspecified atom stereocenters. The zero-order valence-electron chi connectivity index (χ0n) is 9.05. The van der Waals surface area contributed by atoms with Gasteiger partial charge >= 0.3 is 6.18 Å². The van der Waals surface area contributed by atoms with Crippen LogP contribution in [0, 0.1) is 11.3 Å². The average molecular weight is 263 g/mol. The molecule has 0 atom stereocenters. The molecule has 0 radical (unpaired) electrons. The molecule has 0 aliphatic rings. The first-order valence-corrected chi connectivity index (χ1v) is 5.19. The summed E-state index contributed by atoms with van der Waals surface area (Å²) in [6.45, 7) is 0.331. The normalized spacial score (nSPS) is 11.1. The van der Waals surface area contributed by atoms with E-state index in [4.69, 9.17) is 16.9 Å². The van der Waals surface area contributed by atoms with Crippen molar-refractivity contribution >= 4 is 17.3 Å². The first-order valence-electron chi connectivity index (χ1n) is 4.81. The molecule has 6 heteroatoms. The second-order valence-corrected chi connectivity index (χ2v) is 3.90. The minimum atomic E-state index is -4.39. The van der Waals surface area contributed by atoms with Gasteiger partial charge in [-0.25, -0.2) is 0 Å². The van der Waals surface area contributed by atoms with Crippen LogP contribution in [0.1, 0.15) is 12.0 Å². The van der Waals surface area contributed by atoms with Crippen LogP contribution in [-0.4, -0.2) is 13.6 Å². The fourth-order valence-corrected chi connectivity index (χ4v) is 1.58. The first-order chi connectivity index (χ1) is 7.86. The summed E-state index contributed by atoms with van der Waals surface area (Å²) >= 11 is 5.83. The molecule has 0 aliphatic carbocycles. The lowest BCUT2D eigenvalue weighted by molar-refractivity contribution is -0.137. The molecule has 0 bridgehead atoms. The molecular weight excluding hydrogens is 253 g/mol. The van der Waals surface area contributed by atoms with Gasteiger partial charge in [0, 0.05) is 13.6 Å². The summed E-state index contributed by atoms with van der Waals surface area (Å²) in [5.74, 6) is 0. The third-order valence-electron chi connectivity index (χ3n) is 2.24. The van der Waals surface area contributed by atoms with Crippen LogP contribution in [-0.2, 0) is 6.18 Å². The van der Waals surface area contributed by atoms with Crippen molar-refractivity contribution in [1.29, 1.82) is 5.26 Å². The molecule has 0 saturated heterocycles. The Balaban J connectivity index is 3.03. The highest BCUT2D eigenvalue weighted by atomic mass is 35.5. The Morgan fingerprint density at radius 2 is 2.06 bits per heavy atom. The SMILES string of the molecule is CN(CCC#N)c1cc(C(F)(F)F)ccc1Cl. The molecule has 0 N–H and O–H groups in total. The molecule has 0 spiro atoms. The van der Waals surface area contributed by atoms with Crippen molar-refractivity contribution < 1.29 is 13.2 Å². The molecular formula is C11H10ClF3N2. The van der Waals surface area contributed by atoms with Gasteiger partial charge in [-0.1, -0.05) is 11.6 Å². The van der Waals surface area contributed by atoms with Crippen LogP contribution < -0.4 is 4.90 Å². The van der Waals surface area contributed by atoms with Crippen LogP contribution in [0.4, 0.5) is 18.9 Å². The number of hydrogen-bond donors (Lipinski definition) is 0. The van der Waals surface area contributed by atoms with E-state index >= 15 is 0 Å². The van der Waals surface area contributed by atoms with Crippen molar-refractivity contribution in [2.24, 2.45) is 0 Å². The van der Waals surface area contributed by atoms with E-state index in [1.807, 2.05) is 6.07 Å². The monoisotopic (exact) mass is 262 g/mol. The molecule has 17 heavy (non-hydrogen) atoms. The summed E-state index contributed by atoms with van der Waals surface area (Å²) in [4.78, 5) is 1.53. The zero-order chi connectivity index (χ0) is 13.1. The lowest BCUT2D eigenvalue weighted by Gasteiger charge is -2.20. The average Bonchev–Trinajstić information content (AvgIpc) is 2.24. The summed E-state index contributed by atoms with van der Waals surface area (Å²) in [6, 6.07) is 5.06. The Bertz CT molecular complexity index is 437. The highest BCUT2D eigenvalue weighted by Gasteiger charge is 2.31. The Morgan fingerprint density at radius 1 is 1.41 bits per heavy atom. The maximum Gasteiger partial charge on any atom is 0.416 e. The van der Waals surface area contributed by atoms with Crippen LogP contribution in [0.2, 0.25) is 5.02 Å². The van der Waals surface area contributed by atoms with E-state index in [0.29, 0.717) is 6.54 Å². The van der Waals surface area contributed by atoms with E-state index in [2.05, 4.69) is 0 Å². The third kappa shape index (κ3) is 3.53. The molecule has 0 amide bonds. The number of nitrogens with zero attached hydrogens (tertiary/aromatic N) is 2. The van der Waals surface area contributed by atoms with Gasteiger partial charge in [-0.2, -0.15) is 18.4 Å². The zero-order valence-corrected chi connectivity index (χ0v) is 9.81. The van der Waals surface area contributed by atoms with Crippen molar-refractivity contribution in [3.63, 3.8) is 0 Å². The molecule has 0 fully saturated rings. The number of anilines is 1. The van der Waals surface area contributed by atoms with Gasteiger partial charge in [0.1, 0.15) is 0 Å². The first kappa shape index (κ1) is 13.7. The lowest BCUT2D eigenvalue weighted by Crippen LogP contribution is -2.19. The topological polar surface area (TPSA) is 27.0 Å². The van der Waals surface area contributed by atoms with E-state index in [0.717, 1.165) is 12.1 Å². The molecule has 0 saturated carbocycles. The van der Waals surface area contributed by atoms with Crippen molar-refractivity contribution in [1.82, 2.24) is 0 Å². The van der Waals surface area contributed by atoms with Crippen LogP contribution >= 0.6 is 11.6 Å². The molecule has 1 aromatic carbocycles. The second kappa shape index (κ2) is 5.28. The lowest BCUT2D eigenvalue weighted by atomic mass is 10.2. The molecule has 1 rings (SSSR count). The molecule has 1 aromatic rings. The van der Waals surface area contributed by atoms with E-state index in [9.17, 15) is 13.2 Å². The summed E-state index contributed by atoms with van der Waals surface area (Å²) in [7, 11) is 1.60. The maximum atomic E-state index is 12.5. The van der Waals surface area contributed by atoms with Gasteiger partial charge in [-0.15, -0.1) is 0 Å².